The second-order valence-corrected chi connectivity index (χ2v) is 6.71. The summed E-state index contributed by atoms with van der Waals surface area (Å²) < 4.78 is 40.3. The van der Waals surface area contributed by atoms with Crippen LogP contribution < -0.4 is 4.74 Å². The highest BCUT2D eigenvalue weighted by molar-refractivity contribution is 5.69. The zero-order valence-corrected chi connectivity index (χ0v) is 15.8. The molecule has 27 heavy (non-hydrogen) atoms. The van der Waals surface area contributed by atoms with E-state index in [1.807, 2.05) is 12.2 Å². The molecule has 0 bridgehead atoms. The van der Waals surface area contributed by atoms with E-state index in [-0.39, 0.29) is 5.75 Å². The maximum atomic E-state index is 12.2. The first kappa shape index (κ1) is 21.1. The first-order valence-corrected chi connectivity index (χ1v) is 9.59. The smallest absolute Gasteiger partial charge is 0.406 e. The Labute approximate surface area is 159 Å². The van der Waals surface area contributed by atoms with Crippen LogP contribution in [0.25, 0.3) is 12.2 Å². The van der Waals surface area contributed by atoms with Crippen molar-refractivity contribution in [1.82, 2.24) is 0 Å². The van der Waals surface area contributed by atoms with Crippen LogP contribution in [-0.2, 0) is 6.42 Å². The fourth-order valence-corrected chi connectivity index (χ4v) is 2.88. The number of unbranched alkanes of at least 4 members (excludes halogenated alkanes) is 5. The molecule has 4 heteroatoms. The van der Waals surface area contributed by atoms with Gasteiger partial charge in [0.15, 0.2) is 0 Å². The van der Waals surface area contributed by atoms with Gasteiger partial charge in [-0.2, -0.15) is 0 Å². The van der Waals surface area contributed by atoms with Gasteiger partial charge >= 0.3 is 6.36 Å². The lowest BCUT2D eigenvalue weighted by Gasteiger charge is -2.08. The summed E-state index contributed by atoms with van der Waals surface area (Å²) in [6, 6.07) is 14.3. The predicted molar refractivity (Wildman–Crippen MR) is 106 cm³/mol. The molecular weight excluding hydrogens is 349 g/mol. The Morgan fingerprint density at radius 2 is 1.26 bits per heavy atom. The molecule has 0 saturated carbocycles. The molecule has 0 aliphatic heterocycles. The van der Waals surface area contributed by atoms with Gasteiger partial charge in [-0.15, -0.1) is 13.2 Å². The second kappa shape index (κ2) is 10.8. The first-order chi connectivity index (χ1) is 13.0. The van der Waals surface area contributed by atoms with E-state index in [4.69, 9.17) is 0 Å². The fraction of sp³-hybridized carbons (Fsp3) is 0.391. The molecule has 0 aromatic heterocycles. The molecule has 1 nitrogen and oxygen atoms in total. The molecule has 0 spiro atoms. The van der Waals surface area contributed by atoms with Crippen LogP contribution in [0, 0.1) is 0 Å². The number of halogens is 3. The van der Waals surface area contributed by atoms with Gasteiger partial charge in [-0.25, -0.2) is 0 Å². The normalized spacial score (nSPS) is 11.9. The minimum atomic E-state index is -4.66. The zero-order valence-electron chi connectivity index (χ0n) is 15.8. The van der Waals surface area contributed by atoms with Gasteiger partial charge in [0.25, 0.3) is 0 Å². The van der Waals surface area contributed by atoms with E-state index in [1.165, 1.54) is 56.2 Å². The van der Waals surface area contributed by atoms with E-state index >= 15 is 0 Å². The van der Waals surface area contributed by atoms with Crippen molar-refractivity contribution in [2.75, 3.05) is 0 Å². The summed E-state index contributed by atoms with van der Waals surface area (Å²) in [5.74, 6) is -0.210. The van der Waals surface area contributed by atoms with E-state index in [0.29, 0.717) is 0 Å². The van der Waals surface area contributed by atoms with E-state index in [1.54, 1.807) is 12.1 Å². The molecule has 0 N–H and O–H groups in total. The first-order valence-electron chi connectivity index (χ1n) is 9.59. The van der Waals surface area contributed by atoms with Crippen molar-refractivity contribution in [3.05, 3.63) is 65.2 Å². The van der Waals surface area contributed by atoms with Crippen molar-refractivity contribution < 1.29 is 17.9 Å². The summed E-state index contributed by atoms with van der Waals surface area (Å²) in [4.78, 5) is 0. The molecule has 0 aliphatic rings. The maximum absolute atomic E-state index is 12.2. The summed E-state index contributed by atoms with van der Waals surface area (Å²) in [7, 11) is 0. The quantitative estimate of drug-likeness (QED) is 0.305. The summed E-state index contributed by atoms with van der Waals surface area (Å²) in [6.45, 7) is 2.23. The van der Waals surface area contributed by atoms with Gasteiger partial charge in [-0.3, -0.25) is 0 Å². The Balaban J connectivity index is 1.80. The van der Waals surface area contributed by atoms with E-state index in [2.05, 4.69) is 35.9 Å². The van der Waals surface area contributed by atoms with Gasteiger partial charge in [0.1, 0.15) is 5.75 Å². The van der Waals surface area contributed by atoms with Gasteiger partial charge in [-0.1, -0.05) is 87.6 Å². The topological polar surface area (TPSA) is 9.23 Å². The SMILES string of the molecule is CCCCCCCCc1ccc(C=Cc2ccc(OC(F)(F)F)cc2)cc1. The van der Waals surface area contributed by atoms with Crippen LogP contribution in [0.3, 0.4) is 0 Å². The lowest BCUT2D eigenvalue weighted by molar-refractivity contribution is -0.274. The third-order valence-corrected chi connectivity index (χ3v) is 4.38. The molecule has 0 amide bonds. The lowest BCUT2D eigenvalue weighted by atomic mass is 10.0. The molecule has 0 saturated heterocycles. The third-order valence-electron chi connectivity index (χ3n) is 4.38. The number of hydrogen-bond acceptors (Lipinski definition) is 1. The Morgan fingerprint density at radius 1 is 0.741 bits per heavy atom. The zero-order chi connectivity index (χ0) is 19.5. The number of hydrogen-bond donors (Lipinski definition) is 0. The second-order valence-electron chi connectivity index (χ2n) is 6.71. The van der Waals surface area contributed by atoms with Gasteiger partial charge < -0.3 is 4.74 Å². The molecule has 0 aliphatic carbocycles. The highest BCUT2D eigenvalue weighted by Gasteiger charge is 2.30. The lowest BCUT2D eigenvalue weighted by Crippen LogP contribution is -2.16. The molecule has 146 valence electrons. The van der Waals surface area contributed by atoms with Crippen LogP contribution in [-0.4, -0.2) is 6.36 Å². The van der Waals surface area contributed by atoms with Crippen molar-refractivity contribution >= 4 is 12.2 Å². The highest BCUT2D eigenvalue weighted by Crippen LogP contribution is 2.23. The largest absolute Gasteiger partial charge is 0.573 e. The number of rotatable bonds is 10. The van der Waals surface area contributed by atoms with E-state index < -0.39 is 6.36 Å². The Kier molecular flexibility index (Phi) is 8.43. The van der Waals surface area contributed by atoms with Crippen LogP contribution in [0.5, 0.6) is 5.75 Å². The molecule has 0 heterocycles. The van der Waals surface area contributed by atoms with Gasteiger partial charge in [0.2, 0.25) is 0 Å². The van der Waals surface area contributed by atoms with Gasteiger partial charge in [-0.05, 0) is 41.7 Å². The summed E-state index contributed by atoms with van der Waals surface area (Å²) in [5.41, 5.74) is 3.23. The molecule has 2 aromatic carbocycles. The average Bonchev–Trinajstić information content (AvgIpc) is 2.64. The van der Waals surface area contributed by atoms with Gasteiger partial charge in [0.05, 0.1) is 0 Å². The number of alkyl halides is 3. The minimum Gasteiger partial charge on any atom is -0.406 e. The van der Waals surface area contributed by atoms with Crippen molar-refractivity contribution in [2.45, 2.75) is 58.2 Å². The number of ether oxygens (including phenoxy) is 1. The van der Waals surface area contributed by atoms with Crippen molar-refractivity contribution in [3.8, 4) is 5.75 Å². The maximum Gasteiger partial charge on any atom is 0.573 e. The number of aryl methyl sites for hydroxylation is 1. The molecular formula is C23H27F3O. The fourth-order valence-electron chi connectivity index (χ4n) is 2.88. The summed E-state index contributed by atoms with van der Waals surface area (Å²) >= 11 is 0. The third kappa shape index (κ3) is 8.80. The molecule has 0 atom stereocenters. The predicted octanol–water partition coefficient (Wildman–Crippen LogP) is 7.66. The molecule has 0 radical (unpaired) electrons. The average molecular weight is 376 g/mol. The van der Waals surface area contributed by atoms with Crippen LogP contribution >= 0.6 is 0 Å². The van der Waals surface area contributed by atoms with Crippen molar-refractivity contribution in [1.29, 1.82) is 0 Å². The summed E-state index contributed by atoms with van der Waals surface area (Å²) in [6.07, 6.45) is 8.06. The molecule has 0 fully saturated rings. The number of benzene rings is 2. The highest BCUT2D eigenvalue weighted by atomic mass is 19.4. The molecule has 2 aromatic rings. The minimum absolute atomic E-state index is 0.210. The Hall–Kier alpha value is -2.23. The van der Waals surface area contributed by atoms with Crippen molar-refractivity contribution in [2.24, 2.45) is 0 Å². The Bertz CT molecular complexity index is 685. The van der Waals surface area contributed by atoms with Crippen molar-refractivity contribution in [3.63, 3.8) is 0 Å². The van der Waals surface area contributed by atoms with Crippen LogP contribution in [0.2, 0.25) is 0 Å². The monoisotopic (exact) mass is 376 g/mol. The molecule has 0 unspecified atom stereocenters. The summed E-state index contributed by atoms with van der Waals surface area (Å²) in [5, 5.41) is 0. The van der Waals surface area contributed by atoms with Crippen LogP contribution in [0.15, 0.2) is 48.5 Å². The van der Waals surface area contributed by atoms with Crippen LogP contribution in [0.1, 0.15) is 62.1 Å². The van der Waals surface area contributed by atoms with Crippen LogP contribution in [0.4, 0.5) is 13.2 Å². The standard InChI is InChI=1S/C23H27F3O/c1-2-3-4-5-6-7-8-19-9-11-20(12-10-19)13-14-21-15-17-22(18-16-21)27-23(24,25)26/h9-18H,2-8H2,1H3. The Morgan fingerprint density at radius 3 is 1.81 bits per heavy atom. The van der Waals surface area contributed by atoms with E-state index in [0.717, 1.165) is 17.5 Å². The van der Waals surface area contributed by atoms with Gasteiger partial charge in [0, 0.05) is 0 Å². The molecule has 2 rings (SSSR count). The van der Waals surface area contributed by atoms with E-state index in [9.17, 15) is 13.2 Å².